The number of ether oxygens (including phenoxy) is 2. The summed E-state index contributed by atoms with van der Waals surface area (Å²) in [5, 5.41) is 4.17. The molecule has 2 heterocycles. The molecule has 3 amide bonds. The van der Waals surface area contributed by atoms with E-state index in [2.05, 4.69) is 10.0 Å². The van der Waals surface area contributed by atoms with Crippen molar-refractivity contribution >= 4 is 29.5 Å². The molecule has 2 saturated heterocycles. The minimum absolute atomic E-state index is 0.00705. The first kappa shape index (κ1) is 27.6. The molecule has 0 aliphatic carbocycles. The molecule has 0 aromatic heterocycles. The van der Waals surface area contributed by atoms with Gasteiger partial charge in [0.05, 0.1) is 37.6 Å². The summed E-state index contributed by atoms with van der Waals surface area (Å²) >= 11 is 0. The Morgan fingerprint density at radius 1 is 1.16 bits per heavy atom. The number of anilines is 2. The molecule has 1 aromatic carbocycles. The van der Waals surface area contributed by atoms with Crippen LogP contribution in [0.1, 0.15) is 20.8 Å². The van der Waals surface area contributed by atoms with Gasteiger partial charge in [0, 0.05) is 18.0 Å². The van der Waals surface area contributed by atoms with Crippen molar-refractivity contribution in [2.75, 3.05) is 49.1 Å². The SMILES string of the molecule is CC(C)(C)OC(=O)N1CCN(c2ccc(N3C[C@H](CN=[N+]=[N-])OC3=O)cc2F)CCN1C(=O)C(F)(F)F. The van der Waals surface area contributed by atoms with Crippen LogP contribution in [0.5, 0.6) is 0 Å². The van der Waals surface area contributed by atoms with Crippen molar-refractivity contribution in [1.82, 2.24) is 10.0 Å². The summed E-state index contributed by atoms with van der Waals surface area (Å²) < 4.78 is 65.1. The summed E-state index contributed by atoms with van der Waals surface area (Å²) in [5.74, 6) is -3.04. The highest BCUT2D eigenvalue weighted by Gasteiger charge is 2.47. The normalized spacial score (nSPS) is 18.8. The summed E-state index contributed by atoms with van der Waals surface area (Å²) in [6.07, 6.45) is -7.85. The van der Waals surface area contributed by atoms with Crippen molar-refractivity contribution in [2.24, 2.45) is 5.11 Å². The monoisotopic (exact) mass is 531 g/mol. The molecule has 0 spiro atoms. The summed E-state index contributed by atoms with van der Waals surface area (Å²) in [7, 11) is 0. The third-order valence-electron chi connectivity index (χ3n) is 5.34. The zero-order valence-corrected chi connectivity index (χ0v) is 20.2. The second-order valence-electron chi connectivity index (χ2n) is 9.18. The Kier molecular flexibility index (Phi) is 7.91. The Bertz CT molecular complexity index is 1100. The number of hydrazine groups is 1. The zero-order valence-electron chi connectivity index (χ0n) is 20.2. The molecule has 2 aliphatic rings. The van der Waals surface area contributed by atoms with Gasteiger partial charge in [-0.1, -0.05) is 5.11 Å². The molecule has 0 saturated carbocycles. The molecule has 3 rings (SSSR count). The lowest BCUT2D eigenvalue weighted by atomic mass is 10.2. The fraction of sp³-hybridized carbons (Fsp3) is 0.571. The quantitative estimate of drug-likeness (QED) is 0.251. The first-order valence-corrected chi connectivity index (χ1v) is 11.1. The molecule has 2 aliphatic heterocycles. The topological polar surface area (TPSA) is 131 Å². The number of carbonyl (C=O) groups is 3. The molecule has 0 radical (unpaired) electrons. The second kappa shape index (κ2) is 10.6. The number of hydrogen-bond donors (Lipinski definition) is 0. The Hall–Kier alpha value is -3.94. The van der Waals surface area contributed by atoms with Crippen LogP contribution in [-0.2, 0) is 14.3 Å². The van der Waals surface area contributed by atoms with E-state index in [1.807, 2.05) is 0 Å². The fourth-order valence-corrected chi connectivity index (χ4v) is 3.76. The van der Waals surface area contributed by atoms with Crippen molar-refractivity contribution in [3.05, 3.63) is 34.5 Å². The van der Waals surface area contributed by atoms with Crippen LogP contribution in [0.4, 0.5) is 38.5 Å². The van der Waals surface area contributed by atoms with Gasteiger partial charge < -0.3 is 14.4 Å². The smallest absolute Gasteiger partial charge is 0.444 e. The van der Waals surface area contributed by atoms with E-state index in [0.29, 0.717) is 5.01 Å². The fourth-order valence-electron chi connectivity index (χ4n) is 3.76. The summed E-state index contributed by atoms with van der Waals surface area (Å²) in [6.45, 7) is 3.21. The number of benzene rings is 1. The molecule has 1 atom stereocenters. The number of cyclic esters (lactones) is 1. The number of alkyl halides is 3. The zero-order chi connectivity index (χ0) is 27.5. The lowest BCUT2D eigenvalue weighted by Crippen LogP contribution is -2.55. The first-order valence-electron chi connectivity index (χ1n) is 11.1. The van der Waals surface area contributed by atoms with Crippen LogP contribution in [0.25, 0.3) is 10.4 Å². The number of rotatable bonds is 4. The predicted octanol–water partition coefficient (Wildman–Crippen LogP) is 3.82. The summed E-state index contributed by atoms with van der Waals surface area (Å²) in [5.41, 5.74) is 7.53. The van der Waals surface area contributed by atoms with Crippen LogP contribution < -0.4 is 9.80 Å². The molecule has 37 heavy (non-hydrogen) atoms. The van der Waals surface area contributed by atoms with Gasteiger partial charge >= 0.3 is 24.3 Å². The average molecular weight is 531 g/mol. The number of carbonyl (C=O) groups excluding carboxylic acids is 3. The lowest BCUT2D eigenvalue weighted by Gasteiger charge is -2.34. The van der Waals surface area contributed by atoms with Gasteiger partial charge in [0.2, 0.25) is 0 Å². The van der Waals surface area contributed by atoms with Crippen LogP contribution in [0.3, 0.4) is 0 Å². The molecule has 16 heteroatoms. The van der Waals surface area contributed by atoms with Crippen LogP contribution >= 0.6 is 0 Å². The maximum absolute atomic E-state index is 15.1. The third kappa shape index (κ3) is 6.64. The van der Waals surface area contributed by atoms with Crippen LogP contribution in [0.2, 0.25) is 0 Å². The minimum atomic E-state index is -5.25. The van der Waals surface area contributed by atoms with Crippen molar-refractivity contribution in [3.63, 3.8) is 0 Å². The number of amides is 3. The maximum Gasteiger partial charge on any atom is 0.473 e. The highest BCUT2D eigenvalue weighted by molar-refractivity contribution is 5.90. The standard InChI is InChI=1S/C21H25F4N7O5/c1-20(2,3)37-19(35)32-9-7-29(6-8-31(32)17(33)21(23,24)25)16-5-4-13(10-15(16)22)30-12-14(11-27-28-26)36-18(30)34/h4-5,10,14H,6-9,11-12H2,1-3H3/t14-/m0/s1. The van der Waals surface area contributed by atoms with Gasteiger partial charge in [-0.05, 0) is 44.5 Å². The number of azide groups is 1. The highest BCUT2D eigenvalue weighted by Crippen LogP contribution is 2.29. The van der Waals surface area contributed by atoms with Crippen molar-refractivity contribution < 1.29 is 41.4 Å². The lowest BCUT2D eigenvalue weighted by molar-refractivity contribution is -0.199. The molecular weight excluding hydrogens is 506 g/mol. The van der Waals surface area contributed by atoms with E-state index in [1.165, 1.54) is 37.8 Å². The molecule has 2 fully saturated rings. The number of halogens is 4. The molecule has 1 aromatic rings. The molecule has 12 nitrogen and oxygen atoms in total. The Morgan fingerprint density at radius 2 is 1.81 bits per heavy atom. The van der Waals surface area contributed by atoms with E-state index < -0.39 is 54.9 Å². The molecule has 202 valence electrons. The van der Waals surface area contributed by atoms with Crippen molar-refractivity contribution in [1.29, 1.82) is 0 Å². The van der Waals surface area contributed by atoms with Gasteiger partial charge in [-0.25, -0.2) is 24.0 Å². The number of nitrogens with zero attached hydrogens (tertiary/aromatic N) is 7. The van der Waals surface area contributed by atoms with E-state index in [4.69, 9.17) is 15.0 Å². The largest absolute Gasteiger partial charge is 0.473 e. The molecular formula is C21H25F4N7O5. The molecule has 0 unspecified atom stereocenters. The van der Waals surface area contributed by atoms with Gasteiger partial charge in [0.1, 0.15) is 17.5 Å². The van der Waals surface area contributed by atoms with Gasteiger partial charge in [-0.15, -0.1) is 0 Å². The first-order chi connectivity index (χ1) is 17.2. The predicted molar refractivity (Wildman–Crippen MR) is 121 cm³/mol. The molecule has 0 bridgehead atoms. The number of hydrogen-bond acceptors (Lipinski definition) is 7. The van der Waals surface area contributed by atoms with Crippen LogP contribution in [0.15, 0.2) is 23.3 Å². The average Bonchev–Trinajstić information content (AvgIpc) is 3.02. The molecule has 0 N–H and O–H groups in total. The van der Waals surface area contributed by atoms with E-state index in [1.54, 1.807) is 0 Å². The second-order valence-corrected chi connectivity index (χ2v) is 9.18. The highest BCUT2D eigenvalue weighted by atomic mass is 19.4. The Balaban J connectivity index is 1.81. The minimum Gasteiger partial charge on any atom is -0.444 e. The van der Waals surface area contributed by atoms with E-state index in [-0.39, 0.29) is 42.6 Å². The van der Waals surface area contributed by atoms with Gasteiger partial charge in [-0.3, -0.25) is 9.69 Å². The van der Waals surface area contributed by atoms with Crippen molar-refractivity contribution in [3.8, 4) is 0 Å². The van der Waals surface area contributed by atoms with Crippen LogP contribution in [0, 0.1) is 5.82 Å². The van der Waals surface area contributed by atoms with Gasteiger partial charge in [0.15, 0.2) is 0 Å². The van der Waals surface area contributed by atoms with Gasteiger partial charge in [0.25, 0.3) is 0 Å². The van der Waals surface area contributed by atoms with Crippen molar-refractivity contribution in [2.45, 2.75) is 38.7 Å². The van der Waals surface area contributed by atoms with E-state index in [9.17, 15) is 27.6 Å². The Labute approximate surface area is 208 Å². The summed E-state index contributed by atoms with van der Waals surface area (Å²) in [4.78, 5) is 41.9. The van der Waals surface area contributed by atoms with E-state index in [0.717, 1.165) is 11.0 Å². The van der Waals surface area contributed by atoms with E-state index >= 15 is 4.39 Å². The Morgan fingerprint density at radius 3 is 2.38 bits per heavy atom. The maximum atomic E-state index is 15.1. The third-order valence-corrected chi connectivity index (χ3v) is 5.34. The van der Waals surface area contributed by atoms with Gasteiger partial charge in [-0.2, -0.15) is 13.2 Å². The summed E-state index contributed by atoms with van der Waals surface area (Å²) in [6, 6.07) is 3.81. The van der Waals surface area contributed by atoms with Crippen LogP contribution in [-0.4, -0.2) is 85.3 Å².